The Bertz CT molecular complexity index is 1020. The van der Waals surface area contributed by atoms with Gasteiger partial charge in [-0.05, 0) is 36.1 Å². The Morgan fingerprint density at radius 1 is 0.969 bits per heavy atom. The van der Waals surface area contributed by atoms with E-state index in [0.717, 1.165) is 17.4 Å². The smallest absolute Gasteiger partial charge is 0.236 e. The molecule has 0 aliphatic carbocycles. The highest BCUT2D eigenvalue weighted by Crippen LogP contribution is 2.22. The van der Waals surface area contributed by atoms with Gasteiger partial charge in [-0.25, -0.2) is 8.42 Å². The molecule has 1 fully saturated rings. The predicted molar refractivity (Wildman–Crippen MR) is 123 cm³/mol. The minimum Gasteiger partial charge on any atom is -0.396 e. The van der Waals surface area contributed by atoms with Crippen LogP contribution in [0.1, 0.15) is 12.8 Å². The Labute approximate surface area is 188 Å². The number of aliphatic hydroxyl groups is 1. The van der Waals surface area contributed by atoms with Crippen molar-refractivity contribution in [2.45, 2.75) is 12.8 Å². The average Bonchev–Trinajstić information content (AvgIpc) is 2.80. The second-order valence-electron chi connectivity index (χ2n) is 7.84. The van der Waals surface area contributed by atoms with Gasteiger partial charge >= 0.3 is 0 Å². The highest BCUT2D eigenvalue weighted by atomic mass is 32.2. The maximum absolute atomic E-state index is 13.0. The van der Waals surface area contributed by atoms with Crippen LogP contribution in [0.15, 0.2) is 54.6 Å². The number of nitrogens with one attached hydrogen (secondary N) is 1. The Hall–Kier alpha value is -2.75. The highest BCUT2D eigenvalue weighted by molar-refractivity contribution is 7.88. The number of aliphatic hydroxyl groups excluding tert-OH is 1. The SMILES string of the molecule is CS(=O)(=O)N1CCN(C(=O)[C@@H](CCCO)C(=O)Nc2ccc(-c3ccccc3)cc2)CC1. The first-order valence-electron chi connectivity index (χ1n) is 10.6. The van der Waals surface area contributed by atoms with Crippen molar-refractivity contribution < 1.29 is 23.1 Å². The van der Waals surface area contributed by atoms with Gasteiger partial charge in [0, 0.05) is 38.5 Å². The van der Waals surface area contributed by atoms with E-state index in [1.54, 1.807) is 12.1 Å². The summed E-state index contributed by atoms with van der Waals surface area (Å²) < 4.78 is 24.7. The number of anilines is 1. The summed E-state index contributed by atoms with van der Waals surface area (Å²) in [5.41, 5.74) is 2.66. The molecule has 2 N–H and O–H groups in total. The molecule has 1 heterocycles. The molecule has 0 radical (unpaired) electrons. The molecule has 1 aliphatic heterocycles. The molecule has 1 atom stereocenters. The summed E-state index contributed by atoms with van der Waals surface area (Å²) in [4.78, 5) is 27.5. The Kier molecular flexibility index (Phi) is 8.00. The fourth-order valence-corrected chi connectivity index (χ4v) is 4.56. The van der Waals surface area contributed by atoms with E-state index >= 15 is 0 Å². The fraction of sp³-hybridized carbons (Fsp3) is 0.391. The lowest BCUT2D eigenvalue weighted by molar-refractivity contribution is -0.141. The molecule has 3 rings (SSSR count). The predicted octanol–water partition coefficient (Wildman–Crippen LogP) is 1.78. The zero-order valence-electron chi connectivity index (χ0n) is 18.1. The molecule has 2 amide bonds. The number of nitrogens with zero attached hydrogens (tertiary/aromatic N) is 2. The zero-order chi connectivity index (χ0) is 23.1. The summed E-state index contributed by atoms with van der Waals surface area (Å²) in [6.07, 6.45) is 1.68. The summed E-state index contributed by atoms with van der Waals surface area (Å²) in [6.45, 7) is 0.769. The molecule has 9 heteroatoms. The maximum atomic E-state index is 13.0. The molecule has 1 aliphatic rings. The van der Waals surface area contributed by atoms with Crippen molar-refractivity contribution in [1.29, 1.82) is 0 Å². The minimum atomic E-state index is -3.31. The summed E-state index contributed by atoms with van der Waals surface area (Å²) in [5.74, 6) is -1.72. The van der Waals surface area contributed by atoms with Crippen LogP contribution in [0.2, 0.25) is 0 Å². The average molecular weight is 460 g/mol. The van der Waals surface area contributed by atoms with E-state index in [4.69, 9.17) is 0 Å². The lowest BCUT2D eigenvalue weighted by Crippen LogP contribution is -2.52. The molecule has 1 saturated heterocycles. The number of amides is 2. The molecule has 2 aromatic carbocycles. The third-order valence-corrected chi connectivity index (χ3v) is 6.85. The van der Waals surface area contributed by atoms with Gasteiger partial charge in [0.05, 0.1) is 6.26 Å². The van der Waals surface area contributed by atoms with Crippen molar-refractivity contribution in [2.75, 3.05) is 44.4 Å². The van der Waals surface area contributed by atoms with Crippen LogP contribution in [-0.4, -0.2) is 73.6 Å². The van der Waals surface area contributed by atoms with Gasteiger partial charge in [-0.2, -0.15) is 4.31 Å². The number of carbonyl (C=O) groups is 2. The molecule has 32 heavy (non-hydrogen) atoms. The molecular weight excluding hydrogens is 430 g/mol. The number of carbonyl (C=O) groups excluding carboxylic acids is 2. The van der Waals surface area contributed by atoms with Crippen LogP contribution in [-0.2, 0) is 19.6 Å². The largest absolute Gasteiger partial charge is 0.396 e. The van der Waals surface area contributed by atoms with Crippen molar-refractivity contribution in [3.8, 4) is 11.1 Å². The van der Waals surface area contributed by atoms with Crippen LogP contribution >= 0.6 is 0 Å². The van der Waals surface area contributed by atoms with Gasteiger partial charge in [-0.15, -0.1) is 0 Å². The van der Waals surface area contributed by atoms with Crippen molar-refractivity contribution in [2.24, 2.45) is 5.92 Å². The van der Waals surface area contributed by atoms with E-state index in [1.165, 1.54) is 9.21 Å². The van der Waals surface area contributed by atoms with Crippen molar-refractivity contribution in [3.05, 3.63) is 54.6 Å². The fourth-order valence-electron chi connectivity index (χ4n) is 3.73. The second kappa shape index (κ2) is 10.7. The number of sulfonamides is 1. The van der Waals surface area contributed by atoms with Gasteiger partial charge in [-0.3, -0.25) is 9.59 Å². The second-order valence-corrected chi connectivity index (χ2v) is 9.82. The molecule has 8 nitrogen and oxygen atoms in total. The number of hydrogen-bond donors (Lipinski definition) is 2. The van der Waals surface area contributed by atoms with Crippen molar-refractivity contribution >= 4 is 27.5 Å². The number of piperazine rings is 1. The van der Waals surface area contributed by atoms with E-state index in [2.05, 4.69) is 5.32 Å². The number of hydrogen-bond acceptors (Lipinski definition) is 5. The van der Waals surface area contributed by atoms with E-state index in [1.807, 2.05) is 42.5 Å². The summed E-state index contributed by atoms with van der Waals surface area (Å²) in [7, 11) is -3.31. The minimum absolute atomic E-state index is 0.120. The van der Waals surface area contributed by atoms with Gasteiger partial charge in [0.1, 0.15) is 5.92 Å². The molecule has 2 aromatic rings. The molecule has 0 unspecified atom stereocenters. The quantitative estimate of drug-likeness (QED) is 0.586. The third-order valence-electron chi connectivity index (χ3n) is 5.54. The maximum Gasteiger partial charge on any atom is 0.236 e. The normalized spacial score (nSPS) is 15.9. The number of rotatable bonds is 8. The zero-order valence-corrected chi connectivity index (χ0v) is 18.9. The highest BCUT2D eigenvalue weighted by Gasteiger charge is 2.33. The standard InChI is InChI=1S/C23H29N3O5S/c1-32(30,31)26-15-13-25(14-16-26)23(29)21(8-5-17-27)22(28)24-20-11-9-19(10-12-20)18-6-3-2-4-7-18/h2-4,6-7,9-12,21,27H,5,8,13-17H2,1H3,(H,24,28)/t21-/m0/s1. The van der Waals surface area contributed by atoms with Crippen LogP contribution in [0.5, 0.6) is 0 Å². The molecular formula is C23H29N3O5S. The Morgan fingerprint density at radius 3 is 2.12 bits per heavy atom. The molecule has 0 spiro atoms. The third kappa shape index (κ3) is 6.15. The molecule has 0 saturated carbocycles. The lowest BCUT2D eigenvalue weighted by Gasteiger charge is -2.35. The number of benzene rings is 2. The van der Waals surface area contributed by atoms with E-state index in [9.17, 15) is 23.1 Å². The van der Waals surface area contributed by atoms with Crippen LogP contribution in [0, 0.1) is 5.92 Å². The van der Waals surface area contributed by atoms with Crippen LogP contribution < -0.4 is 5.32 Å². The topological polar surface area (TPSA) is 107 Å². The molecule has 0 aromatic heterocycles. The summed E-state index contributed by atoms with van der Waals surface area (Å²) >= 11 is 0. The first kappa shape index (κ1) is 23.9. The van der Waals surface area contributed by atoms with Crippen LogP contribution in [0.3, 0.4) is 0 Å². The van der Waals surface area contributed by atoms with Gasteiger partial charge in [0.15, 0.2) is 0 Å². The van der Waals surface area contributed by atoms with Gasteiger partial charge in [-0.1, -0.05) is 42.5 Å². The van der Waals surface area contributed by atoms with Crippen LogP contribution in [0.25, 0.3) is 11.1 Å². The van der Waals surface area contributed by atoms with E-state index < -0.39 is 21.8 Å². The van der Waals surface area contributed by atoms with E-state index in [-0.39, 0.29) is 45.1 Å². The first-order chi connectivity index (χ1) is 15.3. The van der Waals surface area contributed by atoms with Gasteiger partial charge in [0.2, 0.25) is 21.8 Å². The summed E-state index contributed by atoms with van der Waals surface area (Å²) in [5, 5.41) is 12.0. The lowest BCUT2D eigenvalue weighted by atomic mass is 9.99. The molecule has 0 bridgehead atoms. The van der Waals surface area contributed by atoms with Gasteiger partial charge < -0.3 is 15.3 Å². The Morgan fingerprint density at radius 2 is 1.56 bits per heavy atom. The van der Waals surface area contributed by atoms with Crippen molar-refractivity contribution in [1.82, 2.24) is 9.21 Å². The Balaban J connectivity index is 1.66. The van der Waals surface area contributed by atoms with Crippen molar-refractivity contribution in [3.63, 3.8) is 0 Å². The summed E-state index contributed by atoms with van der Waals surface area (Å²) in [6, 6.07) is 17.2. The molecule has 172 valence electrons. The first-order valence-corrected chi connectivity index (χ1v) is 12.5. The van der Waals surface area contributed by atoms with Gasteiger partial charge in [0.25, 0.3) is 0 Å². The monoisotopic (exact) mass is 459 g/mol. The van der Waals surface area contributed by atoms with Crippen LogP contribution in [0.4, 0.5) is 5.69 Å². The van der Waals surface area contributed by atoms with E-state index in [0.29, 0.717) is 12.1 Å².